The molecule has 0 aromatic carbocycles. The van der Waals surface area contributed by atoms with Crippen molar-refractivity contribution >= 4 is 23.6 Å². The van der Waals surface area contributed by atoms with Crippen LogP contribution in [0.5, 0.6) is 0 Å². The van der Waals surface area contributed by atoms with Gasteiger partial charge in [-0.1, -0.05) is 25.3 Å². The molecule has 0 atom stereocenters. The first-order valence-electron chi connectivity index (χ1n) is 6.00. The third-order valence-electron chi connectivity index (χ3n) is 2.39. The lowest BCUT2D eigenvalue weighted by molar-refractivity contribution is 0.0599. The van der Waals surface area contributed by atoms with E-state index in [-0.39, 0.29) is 17.2 Å². The Kier molecular flexibility index (Phi) is 6.38. The molecule has 2 rings (SSSR count). The van der Waals surface area contributed by atoms with Crippen molar-refractivity contribution in [3.63, 3.8) is 0 Å². The third kappa shape index (κ3) is 5.25. The van der Waals surface area contributed by atoms with Gasteiger partial charge < -0.3 is 19.5 Å². The molecule has 2 aromatic rings. The number of aromatic nitrogens is 2. The minimum atomic E-state index is -1.03. The molecule has 0 amide bonds. The maximum atomic E-state index is 10.9. The molecule has 0 fully saturated rings. The van der Waals surface area contributed by atoms with Gasteiger partial charge in [0.2, 0.25) is 0 Å². The van der Waals surface area contributed by atoms with Gasteiger partial charge in [0.05, 0.1) is 12.7 Å². The Morgan fingerprint density at radius 1 is 1.00 bits per heavy atom. The highest BCUT2D eigenvalue weighted by Gasteiger charge is 2.06. The topological polar surface area (TPSA) is 98.1 Å². The zero-order valence-electron chi connectivity index (χ0n) is 11.9. The van der Waals surface area contributed by atoms with Crippen LogP contribution in [0.2, 0.25) is 0 Å². The Balaban J connectivity index is 0.000000231. The van der Waals surface area contributed by atoms with Crippen LogP contribution in [0.3, 0.4) is 0 Å². The molecule has 0 radical (unpaired) electrons. The minimum Gasteiger partial charge on any atom is -0.478 e. The lowest BCUT2D eigenvalue weighted by Gasteiger charge is -1.94. The molecule has 2 aromatic heterocycles. The highest BCUT2D eigenvalue weighted by Crippen LogP contribution is 2.08. The molecule has 1 N–H and O–H groups in total. The van der Waals surface area contributed by atoms with Crippen molar-refractivity contribution < 1.29 is 19.4 Å². The summed E-state index contributed by atoms with van der Waals surface area (Å²) in [4.78, 5) is 34.6. The van der Waals surface area contributed by atoms with Gasteiger partial charge in [0.1, 0.15) is 18.0 Å². The smallest absolute Gasteiger partial charge is 0.341 e. The van der Waals surface area contributed by atoms with Gasteiger partial charge in [-0.25, -0.2) is 9.59 Å². The summed E-state index contributed by atoms with van der Waals surface area (Å²) >= 11 is 0. The lowest BCUT2D eigenvalue weighted by Crippen LogP contribution is -2.00. The number of esters is 1. The molecule has 0 saturated carbocycles. The van der Waals surface area contributed by atoms with Gasteiger partial charge in [0, 0.05) is 0 Å². The van der Waals surface area contributed by atoms with Crippen LogP contribution in [0.4, 0.5) is 11.6 Å². The Morgan fingerprint density at radius 2 is 1.48 bits per heavy atom. The van der Waals surface area contributed by atoms with Gasteiger partial charge >= 0.3 is 11.9 Å². The van der Waals surface area contributed by atoms with Crippen molar-refractivity contribution in [3.8, 4) is 0 Å². The van der Waals surface area contributed by atoms with Crippen molar-refractivity contribution in [1.82, 2.24) is 9.97 Å². The summed E-state index contributed by atoms with van der Waals surface area (Å²) in [5, 5.41) is 8.43. The van der Waals surface area contributed by atoms with E-state index in [9.17, 15) is 9.59 Å². The van der Waals surface area contributed by atoms with E-state index in [0.29, 0.717) is 5.56 Å². The molecule has 0 unspecified atom stereocenters. The van der Waals surface area contributed by atoms with Crippen molar-refractivity contribution in [2.75, 3.05) is 7.11 Å². The largest absolute Gasteiger partial charge is 0.478 e. The fourth-order valence-electron chi connectivity index (χ4n) is 1.27. The fraction of sp³-hybridized carbons (Fsp3) is 0.0667. The number of rotatable bonds is 2. The maximum Gasteiger partial charge on any atom is 0.341 e. The van der Waals surface area contributed by atoms with Crippen LogP contribution in [-0.2, 0) is 4.74 Å². The molecule has 2 heterocycles. The summed E-state index contributed by atoms with van der Waals surface area (Å²) in [6.45, 7) is 13.1. The van der Waals surface area contributed by atoms with Crippen LogP contribution in [0, 0.1) is 13.1 Å². The summed E-state index contributed by atoms with van der Waals surface area (Å²) in [5.74, 6) is -1.01. The second kappa shape index (κ2) is 8.49. The monoisotopic (exact) mass is 310 g/mol. The minimum absolute atomic E-state index is 0.0948. The number of pyridine rings is 2. The molecule has 0 saturated heterocycles. The molecule has 0 aliphatic carbocycles. The molecule has 0 spiro atoms. The maximum absolute atomic E-state index is 10.9. The van der Waals surface area contributed by atoms with E-state index in [1.165, 1.54) is 37.6 Å². The molecule has 8 nitrogen and oxygen atoms in total. The first kappa shape index (κ1) is 17.3. The Bertz CT molecular complexity index is 771. The van der Waals surface area contributed by atoms with E-state index in [1.54, 1.807) is 0 Å². The molecule has 114 valence electrons. The van der Waals surface area contributed by atoms with Crippen LogP contribution in [0.1, 0.15) is 20.7 Å². The highest BCUT2D eigenvalue weighted by atomic mass is 16.5. The first-order chi connectivity index (χ1) is 11.0. The number of carboxylic acid groups (broad SMARTS) is 1. The quantitative estimate of drug-likeness (QED) is 0.676. The van der Waals surface area contributed by atoms with E-state index in [4.69, 9.17) is 18.3 Å². The summed E-state index contributed by atoms with van der Waals surface area (Å²) in [7, 11) is 1.30. The van der Waals surface area contributed by atoms with Gasteiger partial charge in [0.15, 0.2) is 0 Å². The number of hydrogen-bond donors (Lipinski definition) is 1. The Hall–Kier alpha value is -3.78. The van der Waals surface area contributed by atoms with Crippen LogP contribution < -0.4 is 0 Å². The summed E-state index contributed by atoms with van der Waals surface area (Å²) in [6.07, 6.45) is 2.48. The molecule has 8 heteroatoms. The molecule has 0 bridgehead atoms. The van der Waals surface area contributed by atoms with E-state index in [0.717, 1.165) is 6.20 Å². The summed E-state index contributed by atoms with van der Waals surface area (Å²) in [6, 6.07) is 5.70. The zero-order chi connectivity index (χ0) is 17.2. The van der Waals surface area contributed by atoms with Gasteiger partial charge in [-0.05, 0) is 12.1 Å². The SMILES string of the molecule is [C-]#[N+]c1ccc(C(=O)O)cn1.[C-]#[N+]c1ccc(C(=O)OC)cn1. The number of carbonyl (C=O) groups is 2. The number of carbonyl (C=O) groups excluding carboxylic acids is 1. The molecular weight excluding hydrogens is 300 g/mol. The molecule has 23 heavy (non-hydrogen) atoms. The van der Waals surface area contributed by atoms with Crippen LogP contribution >= 0.6 is 0 Å². The van der Waals surface area contributed by atoms with Crippen molar-refractivity contribution in [2.45, 2.75) is 0 Å². The summed E-state index contributed by atoms with van der Waals surface area (Å²) < 4.78 is 4.45. The molecular formula is C15H10N4O4. The van der Waals surface area contributed by atoms with Crippen molar-refractivity contribution in [2.24, 2.45) is 0 Å². The van der Waals surface area contributed by atoms with E-state index in [1.807, 2.05) is 0 Å². The van der Waals surface area contributed by atoms with E-state index >= 15 is 0 Å². The van der Waals surface area contributed by atoms with Crippen molar-refractivity contribution in [3.05, 3.63) is 70.6 Å². The predicted octanol–water partition coefficient (Wildman–Crippen LogP) is 2.75. The van der Waals surface area contributed by atoms with Crippen LogP contribution in [0.15, 0.2) is 36.7 Å². The standard InChI is InChI=1S/C8H6N2O2.C7H4N2O2/c1-9-7-4-3-6(5-10-7)8(11)12-2;1-8-6-3-2-5(4-9-6)7(10)11/h3-5H,2H3;2-4H,(H,10,11). The second-order valence-electron chi connectivity index (χ2n) is 3.83. The number of ether oxygens (including phenoxy) is 1. The van der Waals surface area contributed by atoms with Crippen molar-refractivity contribution in [1.29, 1.82) is 0 Å². The molecule has 0 aliphatic rings. The predicted molar refractivity (Wildman–Crippen MR) is 79.3 cm³/mol. The number of hydrogen-bond acceptors (Lipinski definition) is 5. The van der Waals surface area contributed by atoms with Gasteiger partial charge in [0.25, 0.3) is 11.6 Å². The number of methoxy groups -OCH3 is 1. The fourth-order valence-corrected chi connectivity index (χ4v) is 1.27. The third-order valence-corrected chi connectivity index (χ3v) is 2.39. The zero-order valence-corrected chi connectivity index (χ0v) is 11.9. The van der Waals surface area contributed by atoms with Gasteiger partial charge in [-0.3, -0.25) is 0 Å². The highest BCUT2D eigenvalue weighted by molar-refractivity contribution is 5.89. The number of aromatic carboxylic acids is 1. The van der Waals surface area contributed by atoms with Crippen LogP contribution in [0.25, 0.3) is 9.69 Å². The average molecular weight is 310 g/mol. The normalized spacial score (nSPS) is 8.65. The van der Waals surface area contributed by atoms with Gasteiger partial charge in [-0.15, -0.1) is 9.97 Å². The first-order valence-corrected chi connectivity index (χ1v) is 6.00. The Morgan fingerprint density at radius 3 is 1.78 bits per heavy atom. The lowest BCUT2D eigenvalue weighted by atomic mass is 10.3. The number of nitrogens with zero attached hydrogens (tertiary/aromatic N) is 4. The second-order valence-corrected chi connectivity index (χ2v) is 3.83. The summed E-state index contributed by atoms with van der Waals surface area (Å²) in [5.41, 5.74) is 0.447. The van der Waals surface area contributed by atoms with Gasteiger partial charge in [-0.2, -0.15) is 0 Å². The van der Waals surface area contributed by atoms with E-state index in [2.05, 4.69) is 24.4 Å². The average Bonchev–Trinajstić information content (AvgIpc) is 2.61. The number of carboxylic acids is 1. The van der Waals surface area contributed by atoms with E-state index < -0.39 is 11.9 Å². The van der Waals surface area contributed by atoms with Crippen LogP contribution in [-0.4, -0.2) is 34.1 Å². The Labute approximate surface area is 131 Å². The molecule has 0 aliphatic heterocycles.